The van der Waals surface area contributed by atoms with Crippen LogP contribution in [0.5, 0.6) is 5.75 Å². The monoisotopic (exact) mass is 518 g/mol. The highest BCUT2D eigenvalue weighted by molar-refractivity contribution is 14.0. The molecule has 154 valence electrons. The third-order valence-electron chi connectivity index (χ3n) is 3.49. The van der Waals surface area contributed by atoms with Crippen molar-refractivity contribution in [3.63, 3.8) is 0 Å². The molecule has 2 rings (SSSR count). The lowest BCUT2D eigenvalue weighted by atomic mass is 10.1. The van der Waals surface area contributed by atoms with Crippen LogP contribution in [0.1, 0.15) is 26.3 Å². The zero-order valence-electron chi connectivity index (χ0n) is 16.4. The summed E-state index contributed by atoms with van der Waals surface area (Å²) in [5, 5.41) is 2.97. The van der Waals surface area contributed by atoms with Gasteiger partial charge in [0.25, 0.3) is 0 Å². The summed E-state index contributed by atoms with van der Waals surface area (Å²) in [6, 6.07) is 14.0. The first-order valence-corrected chi connectivity index (χ1v) is 9.92. The number of nitrogens with two attached hydrogens (primary N) is 1. The molecule has 0 bridgehead atoms. The van der Waals surface area contributed by atoms with Crippen molar-refractivity contribution in [1.29, 1.82) is 0 Å². The number of methoxy groups -OCH3 is 1. The lowest BCUT2D eigenvalue weighted by Crippen LogP contribution is -2.40. The second-order valence-electron chi connectivity index (χ2n) is 6.99. The van der Waals surface area contributed by atoms with Gasteiger partial charge in [-0.15, -0.1) is 24.0 Å². The second kappa shape index (κ2) is 10.1. The lowest BCUT2D eigenvalue weighted by molar-refractivity contribution is 0.417. The summed E-state index contributed by atoms with van der Waals surface area (Å²) in [6.45, 7) is 5.50. The summed E-state index contributed by atoms with van der Waals surface area (Å²) in [4.78, 5) is 4.46. The van der Waals surface area contributed by atoms with E-state index in [9.17, 15) is 8.42 Å². The van der Waals surface area contributed by atoms with Gasteiger partial charge >= 0.3 is 0 Å². The molecule has 0 fully saturated rings. The fourth-order valence-electron chi connectivity index (χ4n) is 2.45. The Kier molecular flexibility index (Phi) is 8.71. The fourth-order valence-corrected chi connectivity index (χ4v) is 4.10. The number of hydrogen-bond donors (Lipinski definition) is 3. The number of nitrogens with zero attached hydrogens (tertiary/aromatic N) is 1. The quantitative estimate of drug-likeness (QED) is 0.309. The van der Waals surface area contributed by atoms with Crippen molar-refractivity contribution >= 4 is 45.6 Å². The summed E-state index contributed by atoms with van der Waals surface area (Å²) in [5.74, 6) is 0.795. The molecule has 0 radical (unpaired) electrons. The van der Waals surface area contributed by atoms with Crippen molar-refractivity contribution in [2.75, 3.05) is 12.4 Å². The van der Waals surface area contributed by atoms with Gasteiger partial charge in [0.05, 0.1) is 24.2 Å². The standard InChI is InChI=1S/C19H26N4O3S.HI/c1-19(2,3)23-27(24,25)17-12-8-5-9-14(17)13-21-18(20)22-15-10-6-7-11-16(15)26-4;/h5-12,23H,13H2,1-4H3,(H3,20,21,22);1H. The van der Waals surface area contributed by atoms with Crippen LogP contribution in [0.2, 0.25) is 0 Å². The maximum absolute atomic E-state index is 12.7. The third kappa shape index (κ3) is 6.95. The molecule has 28 heavy (non-hydrogen) atoms. The minimum Gasteiger partial charge on any atom is -0.495 e. The molecule has 0 saturated carbocycles. The fraction of sp³-hybridized carbons (Fsp3) is 0.316. The molecule has 4 N–H and O–H groups in total. The van der Waals surface area contributed by atoms with Crippen molar-refractivity contribution in [2.24, 2.45) is 10.7 Å². The van der Waals surface area contributed by atoms with Crippen LogP contribution < -0.4 is 20.5 Å². The Morgan fingerprint density at radius 1 is 1.11 bits per heavy atom. The van der Waals surface area contributed by atoms with Gasteiger partial charge in [0.15, 0.2) is 5.96 Å². The minimum absolute atomic E-state index is 0. The highest BCUT2D eigenvalue weighted by Gasteiger charge is 2.24. The molecule has 0 atom stereocenters. The van der Waals surface area contributed by atoms with Gasteiger partial charge in [-0.1, -0.05) is 30.3 Å². The largest absolute Gasteiger partial charge is 0.495 e. The molecular weight excluding hydrogens is 491 g/mol. The number of anilines is 1. The van der Waals surface area contributed by atoms with E-state index in [1.165, 1.54) is 0 Å². The molecule has 9 heteroatoms. The number of para-hydroxylation sites is 2. The van der Waals surface area contributed by atoms with E-state index in [-0.39, 0.29) is 41.4 Å². The van der Waals surface area contributed by atoms with E-state index in [1.807, 2.05) is 18.2 Å². The number of ether oxygens (including phenoxy) is 1. The molecule has 0 aliphatic carbocycles. The molecular formula is C19H27IN4O3S. The van der Waals surface area contributed by atoms with Crippen LogP contribution in [0.15, 0.2) is 58.4 Å². The van der Waals surface area contributed by atoms with Crippen molar-refractivity contribution in [3.05, 3.63) is 54.1 Å². The molecule has 0 aliphatic heterocycles. The molecule has 2 aromatic carbocycles. The Morgan fingerprint density at radius 3 is 2.36 bits per heavy atom. The van der Waals surface area contributed by atoms with Crippen molar-refractivity contribution in [1.82, 2.24) is 4.72 Å². The predicted molar refractivity (Wildman–Crippen MR) is 124 cm³/mol. The molecule has 0 saturated heterocycles. The molecule has 0 unspecified atom stereocenters. The van der Waals surface area contributed by atoms with Crippen LogP contribution in [0.3, 0.4) is 0 Å². The average Bonchev–Trinajstić information content (AvgIpc) is 2.58. The van der Waals surface area contributed by atoms with Crippen molar-refractivity contribution < 1.29 is 13.2 Å². The summed E-state index contributed by atoms with van der Waals surface area (Å²) in [7, 11) is -2.10. The predicted octanol–water partition coefficient (Wildman–Crippen LogP) is 3.32. The first-order chi connectivity index (χ1) is 12.6. The number of sulfonamides is 1. The van der Waals surface area contributed by atoms with Crippen LogP contribution in [0.25, 0.3) is 0 Å². The van der Waals surface area contributed by atoms with Gasteiger partial charge in [0.2, 0.25) is 10.0 Å². The summed E-state index contributed by atoms with van der Waals surface area (Å²) < 4.78 is 33.2. The Labute approximate surface area is 183 Å². The van der Waals surface area contributed by atoms with Crippen LogP contribution in [-0.2, 0) is 16.6 Å². The zero-order chi connectivity index (χ0) is 20.1. The van der Waals surface area contributed by atoms with Crippen LogP contribution in [0, 0.1) is 0 Å². The number of rotatable bonds is 6. The lowest BCUT2D eigenvalue weighted by Gasteiger charge is -2.21. The number of nitrogens with one attached hydrogen (secondary N) is 2. The van der Waals surface area contributed by atoms with Crippen molar-refractivity contribution in [3.8, 4) is 5.75 Å². The van der Waals surface area contributed by atoms with Gasteiger partial charge in [-0.05, 0) is 44.5 Å². The van der Waals surface area contributed by atoms with Crippen LogP contribution in [0.4, 0.5) is 5.69 Å². The van der Waals surface area contributed by atoms with E-state index in [1.54, 1.807) is 58.2 Å². The Bertz CT molecular complexity index is 925. The third-order valence-corrected chi connectivity index (χ3v) is 5.35. The van der Waals surface area contributed by atoms with Gasteiger partial charge < -0.3 is 15.8 Å². The SMILES string of the molecule is COc1ccccc1NC(N)=NCc1ccccc1S(=O)(=O)NC(C)(C)C.I. The zero-order valence-corrected chi connectivity index (χ0v) is 19.5. The summed E-state index contributed by atoms with van der Waals surface area (Å²) in [5.41, 5.74) is 6.60. The molecule has 0 amide bonds. The molecule has 7 nitrogen and oxygen atoms in total. The van der Waals surface area contributed by atoms with E-state index < -0.39 is 15.6 Å². The second-order valence-corrected chi connectivity index (χ2v) is 8.64. The number of guanidine groups is 1. The maximum atomic E-state index is 12.7. The molecule has 0 aliphatic rings. The van der Waals surface area contributed by atoms with E-state index in [2.05, 4.69) is 15.0 Å². The normalized spacial score (nSPS) is 12.2. The molecule has 0 spiro atoms. The van der Waals surface area contributed by atoms with Gasteiger partial charge in [-0.3, -0.25) is 0 Å². The van der Waals surface area contributed by atoms with Gasteiger partial charge in [0, 0.05) is 5.54 Å². The molecule has 0 heterocycles. The molecule has 2 aromatic rings. The Hall–Kier alpha value is -1.85. The number of hydrogen-bond acceptors (Lipinski definition) is 4. The average molecular weight is 518 g/mol. The van der Waals surface area contributed by atoms with Gasteiger partial charge in [-0.25, -0.2) is 18.1 Å². The van der Waals surface area contributed by atoms with Crippen LogP contribution in [-0.4, -0.2) is 27.0 Å². The first kappa shape index (κ1) is 24.2. The smallest absolute Gasteiger partial charge is 0.241 e. The highest BCUT2D eigenvalue weighted by Crippen LogP contribution is 2.23. The van der Waals surface area contributed by atoms with E-state index >= 15 is 0 Å². The number of benzene rings is 2. The first-order valence-electron chi connectivity index (χ1n) is 8.44. The maximum Gasteiger partial charge on any atom is 0.241 e. The highest BCUT2D eigenvalue weighted by atomic mass is 127. The topological polar surface area (TPSA) is 106 Å². The van der Waals surface area contributed by atoms with E-state index in [0.29, 0.717) is 17.0 Å². The van der Waals surface area contributed by atoms with Gasteiger partial charge in [-0.2, -0.15) is 0 Å². The number of aliphatic imine (C=N–C) groups is 1. The van der Waals surface area contributed by atoms with Crippen molar-refractivity contribution in [2.45, 2.75) is 37.8 Å². The Balaban J connectivity index is 0.00000392. The van der Waals surface area contributed by atoms with E-state index in [0.717, 1.165) is 0 Å². The number of halogens is 1. The molecule has 0 aromatic heterocycles. The summed E-state index contributed by atoms with van der Waals surface area (Å²) in [6.07, 6.45) is 0. The summed E-state index contributed by atoms with van der Waals surface area (Å²) >= 11 is 0. The minimum atomic E-state index is -3.67. The van der Waals surface area contributed by atoms with Crippen LogP contribution >= 0.6 is 24.0 Å². The Morgan fingerprint density at radius 2 is 1.71 bits per heavy atom. The van der Waals surface area contributed by atoms with Gasteiger partial charge in [0.1, 0.15) is 5.75 Å². The van der Waals surface area contributed by atoms with E-state index in [4.69, 9.17) is 10.5 Å².